The molecule has 7 heteroatoms. The first-order valence-electron chi connectivity index (χ1n) is 8.07. The van der Waals surface area contributed by atoms with Gasteiger partial charge in [-0.3, -0.25) is 19.0 Å². The van der Waals surface area contributed by atoms with E-state index in [1.54, 1.807) is 12.3 Å². The Balaban J connectivity index is 1.85. The maximum atomic E-state index is 12.0. The van der Waals surface area contributed by atoms with Gasteiger partial charge in [-0.15, -0.1) is 0 Å². The van der Waals surface area contributed by atoms with Crippen LogP contribution in [0, 0.1) is 13.8 Å². The molecular formula is C18H22N2O4S. The quantitative estimate of drug-likeness (QED) is 0.767. The number of nitrogens with one attached hydrogen (secondary N) is 1. The molecule has 2 aromatic rings. The number of rotatable bonds is 7. The number of carbonyl (C=O) groups excluding carboxylic acids is 2. The second-order valence-electron chi connectivity index (χ2n) is 5.83. The fourth-order valence-corrected chi connectivity index (χ4v) is 3.11. The maximum Gasteiger partial charge on any atom is 0.326 e. The van der Waals surface area contributed by atoms with Crippen LogP contribution < -0.4 is 10.2 Å². The molecule has 25 heavy (non-hydrogen) atoms. The van der Waals surface area contributed by atoms with Gasteiger partial charge in [-0.25, -0.2) is 0 Å². The molecule has 2 rings (SSSR count). The lowest BCUT2D eigenvalue weighted by molar-refractivity contribution is -0.149. The number of carbonyl (C=O) groups is 2. The van der Waals surface area contributed by atoms with Crippen LogP contribution in [-0.2, 0) is 20.9 Å². The van der Waals surface area contributed by atoms with E-state index in [9.17, 15) is 14.4 Å². The minimum Gasteiger partial charge on any atom is -0.454 e. The smallest absolute Gasteiger partial charge is 0.326 e. The number of thiazole rings is 1. The average molecular weight is 362 g/mol. The molecule has 1 amide bonds. The minimum atomic E-state index is -0.609. The van der Waals surface area contributed by atoms with Crippen LogP contribution in [0.25, 0.3) is 0 Å². The van der Waals surface area contributed by atoms with Crippen molar-refractivity contribution in [3.63, 3.8) is 0 Å². The molecule has 1 heterocycles. The van der Waals surface area contributed by atoms with Crippen LogP contribution in [0.15, 0.2) is 34.4 Å². The van der Waals surface area contributed by atoms with Crippen LogP contribution in [0.1, 0.15) is 36.2 Å². The van der Waals surface area contributed by atoms with Crippen molar-refractivity contribution in [2.45, 2.75) is 39.8 Å². The van der Waals surface area contributed by atoms with Crippen molar-refractivity contribution in [2.24, 2.45) is 0 Å². The highest BCUT2D eigenvalue weighted by Gasteiger charge is 2.15. The van der Waals surface area contributed by atoms with Crippen molar-refractivity contribution in [3.05, 3.63) is 56.1 Å². The number of aromatic nitrogens is 1. The summed E-state index contributed by atoms with van der Waals surface area (Å²) in [5.41, 5.74) is 2.85. The molecule has 0 saturated heterocycles. The molecule has 6 nitrogen and oxygen atoms in total. The van der Waals surface area contributed by atoms with E-state index in [-0.39, 0.29) is 30.0 Å². The van der Waals surface area contributed by atoms with Crippen molar-refractivity contribution in [1.82, 2.24) is 9.88 Å². The van der Waals surface area contributed by atoms with Crippen molar-refractivity contribution in [3.8, 4) is 0 Å². The van der Waals surface area contributed by atoms with Gasteiger partial charge in [0.1, 0.15) is 6.54 Å². The minimum absolute atomic E-state index is 0.131. The number of amides is 1. The molecule has 1 aromatic carbocycles. The van der Waals surface area contributed by atoms with Crippen LogP contribution in [0.3, 0.4) is 0 Å². The summed E-state index contributed by atoms with van der Waals surface area (Å²) >= 11 is 1.03. The van der Waals surface area contributed by atoms with Crippen molar-refractivity contribution in [2.75, 3.05) is 6.61 Å². The summed E-state index contributed by atoms with van der Waals surface area (Å²) < 4.78 is 6.31. The second-order valence-corrected chi connectivity index (χ2v) is 6.65. The fourth-order valence-electron chi connectivity index (χ4n) is 2.37. The molecule has 0 fully saturated rings. The van der Waals surface area contributed by atoms with Gasteiger partial charge in [-0.05, 0) is 25.8 Å². The summed E-state index contributed by atoms with van der Waals surface area (Å²) in [6.45, 7) is 5.17. The van der Waals surface area contributed by atoms with Crippen LogP contribution in [-0.4, -0.2) is 23.1 Å². The van der Waals surface area contributed by atoms with Crippen LogP contribution in [0.5, 0.6) is 0 Å². The Kier molecular flexibility index (Phi) is 6.52. The molecule has 0 aliphatic heterocycles. The summed E-state index contributed by atoms with van der Waals surface area (Å²) in [7, 11) is 0. The van der Waals surface area contributed by atoms with Crippen molar-refractivity contribution in [1.29, 1.82) is 0 Å². The Morgan fingerprint density at radius 3 is 2.48 bits per heavy atom. The number of nitrogens with zero attached hydrogens (tertiary/aromatic N) is 1. The second kappa shape index (κ2) is 8.62. The van der Waals surface area contributed by atoms with Crippen molar-refractivity contribution < 1.29 is 14.3 Å². The number of benzene rings is 1. The molecule has 0 saturated carbocycles. The lowest BCUT2D eigenvalue weighted by Crippen LogP contribution is -2.33. The largest absolute Gasteiger partial charge is 0.454 e. The summed E-state index contributed by atoms with van der Waals surface area (Å²) in [6.07, 6.45) is 0.728. The van der Waals surface area contributed by atoms with E-state index in [1.165, 1.54) is 4.57 Å². The molecule has 0 bridgehead atoms. The summed E-state index contributed by atoms with van der Waals surface area (Å²) in [5, 5.41) is 4.53. The van der Waals surface area contributed by atoms with Crippen LogP contribution in [0.2, 0.25) is 0 Å². The van der Waals surface area contributed by atoms with Crippen LogP contribution in [0.4, 0.5) is 0 Å². The van der Waals surface area contributed by atoms with Gasteiger partial charge in [0, 0.05) is 11.1 Å². The third-order valence-electron chi connectivity index (χ3n) is 3.85. The molecule has 0 spiro atoms. The maximum absolute atomic E-state index is 12.0. The number of aryl methyl sites for hydroxylation is 2. The topological polar surface area (TPSA) is 77.4 Å². The lowest BCUT2D eigenvalue weighted by Gasteiger charge is -2.17. The molecule has 1 aromatic heterocycles. The number of hydrogen-bond acceptors (Lipinski definition) is 5. The first kappa shape index (κ1) is 18.9. The molecule has 0 radical (unpaired) electrons. The van der Waals surface area contributed by atoms with Gasteiger partial charge in [0.25, 0.3) is 5.91 Å². The number of ether oxygens (including phenoxy) is 1. The molecule has 1 atom stereocenters. The molecule has 0 unspecified atom stereocenters. The predicted octanol–water partition coefficient (Wildman–Crippen LogP) is 2.34. The Bertz CT molecular complexity index is 792. The Morgan fingerprint density at radius 2 is 1.92 bits per heavy atom. The normalized spacial score (nSPS) is 11.8. The molecule has 0 aliphatic carbocycles. The fraction of sp³-hybridized carbons (Fsp3) is 0.389. The average Bonchev–Trinajstić information content (AvgIpc) is 2.90. The van der Waals surface area contributed by atoms with Gasteiger partial charge in [0.15, 0.2) is 6.61 Å². The molecule has 0 aliphatic rings. The zero-order valence-corrected chi connectivity index (χ0v) is 15.4. The van der Waals surface area contributed by atoms with E-state index in [1.807, 2.05) is 38.1 Å². The monoisotopic (exact) mass is 362 g/mol. The number of hydrogen-bond donors (Lipinski definition) is 1. The predicted molar refractivity (Wildman–Crippen MR) is 96.6 cm³/mol. The molecular weight excluding hydrogens is 340 g/mol. The van der Waals surface area contributed by atoms with Gasteiger partial charge in [-0.1, -0.05) is 48.1 Å². The highest BCUT2D eigenvalue weighted by Crippen LogP contribution is 2.16. The number of esters is 1. The SMILES string of the molecule is CC[C@H](NC(=O)COC(=O)Cn1c(C)csc1=O)c1ccc(C)cc1. The molecule has 1 N–H and O–H groups in total. The Hall–Kier alpha value is -2.41. The van der Waals surface area contributed by atoms with E-state index in [2.05, 4.69) is 5.32 Å². The lowest BCUT2D eigenvalue weighted by atomic mass is 10.0. The van der Waals surface area contributed by atoms with E-state index < -0.39 is 5.97 Å². The van der Waals surface area contributed by atoms with Gasteiger partial charge in [-0.2, -0.15) is 0 Å². The zero-order chi connectivity index (χ0) is 18.4. The highest BCUT2D eigenvalue weighted by atomic mass is 32.1. The first-order valence-corrected chi connectivity index (χ1v) is 8.95. The van der Waals surface area contributed by atoms with E-state index in [4.69, 9.17) is 4.74 Å². The first-order chi connectivity index (χ1) is 11.9. The van der Waals surface area contributed by atoms with Crippen molar-refractivity contribution >= 4 is 23.2 Å². The Morgan fingerprint density at radius 1 is 1.24 bits per heavy atom. The highest BCUT2D eigenvalue weighted by molar-refractivity contribution is 7.07. The summed E-state index contributed by atoms with van der Waals surface area (Å²) in [4.78, 5) is 35.2. The zero-order valence-electron chi connectivity index (χ0n) is 14.6. The van der Waals surface area contributed by atoms with E-state index >= 15 is 0 Å². The van der Waals surface area contributed by atoms with E-state index in [0.717, 1.165) is 28.9 Å². The third-order valence-corrected chi connectivity index (χ3v) is 4.73. The summed E-state index contributed by atoms with van der Waals surface area (Å²) in [5.74, 6) is -0.975. The van der Waals surface area contributed by atoms with Gasteiger partial charge < -0.3 is 10.1 Å². The summed E-state index contributed by atoms with van der Waals surface area (Å²) in [6, 6.07) is 7.80. The molecule has 134 valence electrons. The van der Waals surface area contributed by atoms with Gasteiger partial charge in [0.2, 0.25) is 0 Å². The van der Waals surface area contributed by atoms with E-state index in [0.29, 0.717) is 5.69 Å². The van der Waals surface area contributed by atoms with Gasteiger partial charge >= 0.3 is 10.8 Å². The van der Waals surface area contributed by atoms with Crippen LogP contribution >= 0.6 is 11.3 Å². The van der Waals surface area contributed by atoms with Gasteiger partial charge in [0.05, 0.1) is 6.04 Å². The third kappa shape index (κ3) is 5.29. The Labute approximate surface area is 150 Å². The standard InChI is InChI=1S/C18H22N2O4S/c1-4-15(14-7-5-12(2)6-8-14)19-16(21)10-24-17(22)9-20-13(3)11-25-18(20)23/h5-8,11,15H,4,9-10H2,1-3H3,(H,19,21)/t15-/m0/s1.